The van der Waals surface area contributed by atoms with Crippen molar-refractivity contribution in [2.24, 2.45) is 59.2 Å². The molecule has 0 unspecified atom stereocenters. The number of aryl methyl sites for hydroxylation is 1. The summed E-state index contributed by atoms with van der Waals surface area (Å²) in [7, 11) is 3.02. The van der Waals surface area contributed by atoms with E-state index in [1.165, 1.54) is 203 Å². The van der Waals surface area contributed by atoms with Gasteiger partial charge >= 0.3 is 11.9 Å². The summed E-state index contributed by atoms with van der Waals surface area (Å²) in [6, 6.07) is 18.7. The molecule has 6 fully saturated rings. The fourth-order valence-corrected chi connectivity index (χ4v) is 15.1. The Morgan fingerprint density at radius 2 is 0.817 bits per heavy atom. The van der Waals surface area contributed by atoms with Crippen molar-refractivity contribution in [3.05, 3.63) is 76.9 Å². The molecule has 398 valence electrons. The van der Waals surface area contributed by atoms with Crippen LogP contribution in [0.3, 0.4) is 0 Å². The van der Waals surface area contributed by atoms with Gasteiger partial charge in [0.25, 0.3) is 0 Å². The zero-order chi connectivity index (χ0) is 48.9. The quantitative estimate of drug-likeness (QED) is 0.104. The zero-order valence-corrected chi connectivity index (χ0v) is 45.4. The fourth-order valence-electron chi connectivity index (χ4n) is 15.1. The lowest BCUT2D eigenvalue weighted by Crippen LogP contribution is -2.26. The lowest BCUT2D eigenvalue weighted by molar-refractivity contribution is -0.147. The second-order valence-corrected chi connectivity index (χ2v) is 24.5. The summed E-state index contributed by atoms with van der Waals surface area (Å²) in [5, 5.41) is 0. The molecule has 0 aliphatic heterocycles. The lowest BCUT2D eigenvalue weighted by Gasteiger charge is -2.38. The third-order valence-corrected chi connectivity index (χ3v) is 20.0. The smallest absolute Gasteiger partial charge is 0.308 e. The van der Waals surface area contributed by atoms with Crippen LogP contribution in [0.2, 0.25) is 0 Å². The topological polar surface area (TPSA) is 52.6 Å². The summed E-state index contributed by atoms with van der Waals surface area (Å²) in [5.41, 5.74) is 5.75. The lowest BCUT2D eigenvalue weighted by atomic mass is 9.68. The molecule has 4 heteroatoms. The van der Waals surface area contributed by atoms with Gasteiger partial charge in [0.1, 0.15) is 0 Å². The maximum atomic E-state index is 11.8. The van der Waals surface area contributed by atoms with Gasteiger partial charge in [0.15, 0.2) is 0 Å². The van der Waals surface area contributed by atoms with Crippen molar-refractivity contribution in [3.8, 4) is 0 Å². The van der Waals surface area contributed by atoms with Crippen molar-refractivity contribution in [1.29, 1.82) is 0 Å². The average molecular weight is 976 g/mol. The standard InChI is InChI=1S/C33H52O2.C33H50O2.CH4/c2*1-3-4-5-6-25-9-15-28(16-10-25)29-17-11-26(12-18-29)7-8-27-13-19-30(20-14-27)31-21-23-32(24-22-31)33(34)35-2;/h13-14,19-20,25-26,28-29,31-32H,3-12,15-18,21-24H2,1-2H3;7-8,13-14,19-20,25-26,28-29,31-32H,3-6,9-12,15-18,21-24H2,1-2H3;1H4/b;8-7+;. The Balaban J connectivity index is 0.000000229. The molecule has 4 nitrogen and oxygen atoms in total. The van der Waals surface area contributed by atoms with E-state index in [1.54, 1.807) is 0 Å². The first-order valence-electron chi connectivity index (χ1n) is 30.3. The van der Waals surface area contributed by atoms with E-state index in [4.69, 9.17) is 9.47 Å². The molecule has 0 amide bonds. The number of methoxy groups -OCH3 is 2. The van der Waals surface area contributed by atoms with Crippen LogP contribution in [0.5, 0.6) is 0 Å². The van der Waals surface area contributed by atoms with Crippen LogP contribution in [0.15, 0.2) is 54.6 Å². The summed E-state index contributed by atoms with van der Waals surface area (Å²) >= 11 is 0. The maximum absolute atomic E-state index is 11.8. The minimum Gasteiger partial charge on any atom is -0.469 e. The van der Waals surface area contributed by atoms with E-state index >= 15 is 0 Å². The first kappa shape index (κ1) is 57.4. The Morgan fingerprint density at radius 1 is 0.451 bits per heavy atom. The van der Waals surface area contributed by atoms with E-state index in [0.717, 1.165) is 98.7 Å². The normalized spacial score (nSPS) is 31.4. The zero-order valence-electron chi connectivity index (χ0n) is 45.4. The van der Waals surface area contributed by atoms with Crippen LogP contribution in [-0.2, 0) is 25.5 Å². The van der Waals surface area contributed by atoms with Crippen molar-refractivity contribution in [2.75, 3.05) is 14.2 Å². The molecule has 0 saturated heterocycles. The number of allylic oxidation sites excluding steroid dienone is 1. The maximum Gasteiger partial charge on any atom is 0.308 e. The first-order valence-corrected chi connectivity index (χ1v) is 30.3. The molecule has 6 aliphatic carbocycles. The molecular formula is C67H106O4. The van der Waals surface area contributed by atoms with Gasteiger partial charge in [0.2, 0.25) is 0 Å². The Morgan fingerprint density at radius 3 is 1.20 bits per heavy atom. The molecule has 0 N–H and O–H groups in total. The van der Waals surface area contributed by atoms with E-state index in [1.807, 2.05) is 0 Å². The van der Waals surface area contributed by atoms with Crippen LogP contribution in [0.4, 0.5) is 0 Å². The van der Waals surface area contributed by atoms with Crippen molar-refractivity contribution in [2.45, 2.75) is 251 Å². The van der Waals surface area contributed by atoms with Gasteiger partial charge in [-0.05, 0) is 210 Å². The predicted octanol–water partition coefficient (Wildman–Crippen LogP) is 19.2. The second-order valence-electron chi connectivity index (χ2n) is 24.5. The molecule has 71 heavy (non-hydrogen) atoms. The van der Waals surface area contributed by atoms with Gasteiger partial charge in [-0.1, -0.05) is 172 Å². The summed E-state index contributed by atoms with van der Waals surface area (Å²) in [6.45, 7) is 4.64. The van der Waals surface area contributed by atoms with E-state index in [2.05, 4.69) is 74.5 Å². The number of unbranched alkanes of at least 4 members (excludes halogenated alkanes) is 4. The molecule has 8 rings (SSSR count). The molecular weight excluding hydrogens is 869 g/mol. The largest absolute Gasteiger partial charge is 0.469 e. The SMILES string of the molecule is C.CCCCCC1CCC(C2CCC(/C=C/c3ccc(C4CCC(C(=O)OC)CC4)cc3)CC2)CC1.CCCCCC1CCC(C2CCC(CCc3ccc(C4CCC(C(=O)OC)CC4)cc3)CC2)CC1. The highest BCUT2D eigenvalue weighted by Crippen LogP contribution is 2.45. The van der Waals surface area contributed by atoms with E-state index < -0.39 is 0 Å². The van der Waals surface area contributed by atoms with Crippen LogP contribution in [0, 0.1) is 59.2 Å². The van der Waals surface area contributed by atoms with E-state index in [-0.39, 0.29) is 31.2 Å². The van der Waals surface area contributed by atoms with Crippen LogP contribution >= 0.6 is 0 Å². The van der Waals surface area contributed by atoms with Crippen LogP contribution in [0.1, 0.15) is 267 Å². The molecule has 2 aromatic rings. The first-order chi connectivity index (χ1) is 34.3. The number of rotatable bonds is 19. The Labute approximate surface area is 436 Å². The highest BCUT2D eigenvalue weighted by Gasteiger charge is 2.33. The fraction of sp³-hybridized carbons (Fsp3) is 0.761. The van der Waals surface area contributed by atoms with Gasteiger partial charge in [-0.25, -0.2) is 0 Å². The number of esters is 2. The van der Waals surface area contributed by atoms with Crippen LogP contribution < -0.4 is 0 Å². The molecule has 0 atom stereocenters. The Hall–Kier alpha value is -2.88. The van der Waals surface area contributed by atoms with Crippen LogP contribution in [0.25, 0.3) is 6.08 Å². The van der Waals surface area contributed by atoms with Crippen LogP contribution in [-0.4, -0.2) is 26.2 Å². The molecule has 0 heterocycles. The monoisotopic (exact) mass is 975 g/mol. The van der Waals surface area contributed by atoms with Crippen molar-refractivity contribution < 1.29 is 19.1 Å². The molecule has 0 aromatic heterocycles. The number of ether oxygens (including phenoxy) is 2. The highest BCUT2D eigenvalue weighted by molar-refractivity contribution is 5.72. The molecule has 0 bridgehead atoms. The number of benzene rings is 2. The summed E-state index contributed by atoms with van der Waals surface area (Å²) in [5.74, 6) is 9.33. The highest BCUT2D eigenvalue weighted by atomic mass is 16.5. The van der Waals surface area contributed by atoms with Gasteiger partial charge in [0.05, 0.1) is 26.1 Å². The van der Waals surface area contributed by atoms with Gasteiger partial charge in [0, 0.05) is 0 Å². The molecule has 2 aromatic carbocycles. The third kappa shape index (κ3) is 18.2. The molecule has 6 saturated carbocycles. The van der Waals surface area contributed by atoms with Crippen molar-refractivity contribution >= 4 is 18.0 Å². The molecule has 0 spiro atoms. The minimum absolute atomic E-state index is 0. The minimum atomic E-state index is -0.0249. The summed E-state index contributed by atoms with van der Waals surface area (Å²) in [4.78, 5) is 23.6. The van der Waals surface area contributed by atoms with Crippen molar-refractivity contribution in [3.63, 3.8) is 0 Å². The molecule has 6 aliphatic rings. The third-order valence-electron chi connectivity index (χ3n) is 20.0. The number of hydrogen-bond donors (Lipinski definition) is 0. The van der Waals surface area contributed by atoms with Gasteiger partial charge in [-0.3, -0.25) is 9.59 Å². The van der Waals surface area contributed by atoms with E-state index in [0.29, 0.717) is 11.8 Å². The van der Waals surface area contributed by atoms with Gasteiger partial charge in [-0.15, -0.1) is 0 Å². The number of hydrogen-bond acceptors (Lipinski definition) is 4. The number of carbonyl (C=O) groups is 2. The summed E-state index contributed by atoms with van der Waals surface area (Å²) < 4.78 is 9.87. The Bertz CT molecular complexity index is 1760. The summed E-state index contributed by atoms with van der Waals surface area (Å²) in [6.07, 6.45) is 51.1. The van der Waals surface area contributed by atoms with Gasteiger partial charge < -0.3 is 9.47 Å². The Kier molecular flexibility index (Phi) is 25.2. The van der Waals surface area contributed by atoms with E-state index in [9.17, 15) is 9.59 Å². The second kappa shape index (κ2) is 31.1. The van der Waals surface area contributed by atoms with Gasteiger partial charge in [-0.2, -0.15) is 0 Å². The average Bonchev–Trinajstić information content (AvgIpc) is 3.43. The molecule has 0 radical (unpaired) electrons. The number of carbonyl (C=O) groups excluding carboxylic acids is 2. The predicted molar refractivity (Wildman–Crippen MR) is 300 cm³/mol. The van der Waals surface area contributed by atoms with Crippen molar-refractivity contribution in [1.82, 2.24) is 0 Å².